The van der Waals surface area contributed by atoms with E-state index in [1.807, 2.05) is 18.2 Å². The van der Waals surface area contributed by atoms with Crippen LogP contribution in [0.25, 0.3) is 0 Å². The predicted octanol–water partition coefficient (Wildman–Crippen LogP) is 7.29. The van der Waals surface area contributed by atoms with Crippen molar-refractivity contribution in [3.8, 4) is 0 Å². The number of aliphatic hydroxyl groups is 1. The van der Waals surface area contributed by atoms with Gasteiger partial charge in [-0.25, -0.2) is 0 Å². The van der Waals surface area contributed by atoms with Crippen LogP contribution in [-0.2, 0) is 11.3 Å². The van der Waals surface area contributed by atoms with Gasteiger partial charge in [0.1, 0.15) is 0 Å². The molecule has 0 unspecified atom stereocenters. The van der Waals surface area contributed by atoms with Crippen molar-refractivity contribution in [1.82, 2.24) is 0 Å². The standard InChI is InChI=1S/C13H17O2.3C4H9.Sn/c1-2-6-13(14)9-10-15-11-12-7-4-3-5-8-12;3*1-3-4-2;/h1-5,7-8,13-14H,6,9-11H2;3*1,3-4H2,2H3;/t13-;;;;/m0..../s1. The second-order valence-electron chi connectivity index (χ2n) is 8.29. The molecule has 0 spiro atoms. The van der Waals surface area contributed by atoms with Crippen molar-refractivity contribution in [3.05, 3.63) is 46.1 Å². The molecule has 0 saturated heterocycles. The molecule has 160 valence electrons. The van der Waals surface area contributed by atoms with Crippen LogP contribution >= 0.6 is 0 Å². The van der Waals surface area contributed by atoms with Gasteiger partial charge in [0.2, 0.25) is 0 Å². The van der Waals surface area contributed by atoms with Gasteiger partial charge in [-0.1, -0.05) is 0 Å². The van der Waals surface area contributed by atoms with E-state index < -0.39 is 18.4 Å². The van der Waals surface area contributed by atoms with Crippen molar-refractivity contribution in [2.75, 3.05) is 6.61 Å². The van der Waals surface area contributed by atoms with Crippen molar-refractivity contribution in [2.45, 2.75) is 98.2 Å². The number of aliphatic hydroxyl groups excluding tert-OH is 1. The average molecular weight is 495 g/mol. The van der Waals surface area contributed by atoms with Gasteiger partial charge in [-0.05, 0) is 0 Å². The summed E-state index contributed by atoms with van der Waals surface area (Å²) in [5.74, 6) is 0. The van der Waals surface area contributed by atoms with Crippen molar-refractivity contribution in [2.24, 2.45) is 0 Å². The maximum absolute atomic E-state index is 10.4. The Morgan fingerprint density at radius 3 is 2.04 bits per heavy atom. The first-order valence-electron chi connectivity index (χ1n) is 11.6. The molecule has 0 radical (unpaired) electrons. The zero-order valence-electron chi connectivity index (χ0n) is 18.7. The van der Waals surface area contributed by atoms with Gasteiger partial charge in [-0.2, -0.15) is 0 Å². The molecule has 2 nitrogen and oxygen atoms in total. The van der Waals surface area contributed by atoms with Gasteiger partial charge in [-0.15, -0.1) is 0 Å². The van der Waals surface area contributed by atoms with Gasteiger partial charge in [0, 0.05) is 0 Å². The summed E-state index contributed by atoms with van der Waals surface area (Å²) in [5.41, 5.74) is 1.19. The van der Waals surface area contributed by atoms with Crippen LogP contribution in [0.1, 0.15) is 77.7 Å². The van der Waals surface area contributed by atoms with Gasteiger partial charge in [0.25, 0.3) is 0 Å². The van der Waals surface area contributed by atoms with Crippen molar-refractivity contribution in [3.63, 3.8) is 0 Å². The number of unbranched alkanes of at least 4 members (excludes halogenated alkanes) is 3. The van der Waals surface area contributed by atoms with Crippen LogP contribution < -0.4 is 0 Å². The first-order valence-corrected chi connectivity index (χ1v) is 19.3. The second-order valence-corrected chi connectivity index (χ2v) is 21.3. The Kier molecular flexibility index (Phi) is 15.1. The van der Waals surface area contributed by atoms with E-state index in [9.17, 15) is 5.11 Å². The van der Waals surface area contributed by atoms with E-state index in [0.29, 0.717) is 13.2 Å². The Hall–Kier alpha value is -0.321. The molecule has 1 N–H and O–H groups in total. The van der Waals surface area contributed by atoms with Crippen LogP contribution in [0, 0.1) is 0 Å². The van der Waals surface area contributed by atoms with Crippen LogP contribution in [0.2, 0.25) is 13.3 Å². The van der Waals surface area contributed by atoms with E-state index in [1.54, 1.807) is 0 Å². The fourth-order valence-corrected chi connectivity index (χ4v) is 18.2. The van der Waals surface area contributed by atoms with E-state index in [1.165, 1.54) is 57.4 Å². The Bertz CT molecular complexity index is 479. The third-order valence-corrected chi connectivity index (χ3v) is 19.9. The molecule has 1 rings (SSSR count). The molecule has 0 bridgehead atoms. The average Bonchev–Trinajstić information content (AvgIpc) is 2.72. The number of hydrogen-bond acceptors (Lipinski definition) is 2. The van der Waals surface area contributed by atoms with Crippen LogP contribution in [0.4, 0.5) is 0 Å². The Labute approximate surface area is 178 Å². The molecule has 0 aromatic heterocycles. The first kappa shape index (κ1) is 25.7. The van der Waals surface area contributed by atoms with Crippen LogP contribution in [0.3, 0.4) is 0 Å². The Morgan fingerprint density at radius 1 is 0.929 bits per heavy atom. The van der Waals surface area contributed by atoms with Gasteiger partial charge in [-0.3, -0.25) is 0 Å². The molecule has 0 fully saturated rings. The molecule has 1 aromatic carbocycles. The molecule has 28 heavy (non-hydrogen) atoms. The molecule has 0 aliphatic rings. The van der Waals surface area contributed by atoms with E-state index >= 15 is 0 Å². The summed E-state index contributed by atoms with van der Waals surface area (Å²) < 4.78 is 12.9. The Morgan fingerprint density at radius 2 is 1.50 bits per heavy atom. The minimum absolute atomic E-state index is 0.278. The first-order chi connectivity index (χ1) is 13.7. The minimum atomic E-state index is -2.19. The quantitative estimate of drug-likeness (QED) is 0.182. The molecular weight excluding hydrogens is 451 g/mol. The summed E-state index contributed by atoms with van der Waals surface area (Å²) >= 11 is -2.19. The maximum atomic E-state index is 10.4. The summed E-state index contributed by atoms with van der Waals surface area (Å²) in [5, 5.41) is 10.4. The monoisotopic (exact) mass is 496 g/mol. The normalized spacial score (nSPS) is 13.3. The second kappa shape index (κ2) is 16.5. The topological polar surface area (TPSA) is 29.5 Å². The summed E-state index contributed by atoms with van der Waals surface area (Å²) in [6, 6.07) is 10.2. The van der Waals surface area contributed by atoms with Gasteiger partial charge < -0.3 is 0 Å². The molecule has 3 heteroatoms. The van der Waals surface area contributed by atoms with Gasteiger partial charge in [0.05, 0.1) is 0 Å². The zero-order valence-corrected chi connectivity index (χ0v) is 21.5. The molecule has 0 aliphatic carbocycles. The summed E-state index contributed by atoms with van der Waals surface area (Å²) in [6.45, 7) is 8.21. The van der Waals surface area contributed by atoms with Crippen LogP contribution in [0.5, 0.6) is 0 Å². The fraction of sp³-hybridized carbons (Fsp3) is 0.680. The van der Waals surface area contributed by atoms with Gasteiger partial charge >= 0.3 is 179 Å². The van der Waals surface area contributed by atoms with E-state index in [4.69, 9.17) is 4.74 Å². The zero-order chi connectivity index (χ0) is 20.5. The summed E-state index contributed by atoms with van der Waals surface area (Å²) in [6.07, 6.45) is 11.7. The van der Waals surface area contributed by atoms with Crippen molar-refractivity contribution >= 4 is 18.4 Å². The van der Waals surface area contributed by atoms with E-state index in [2.05, 4.69) is 43.1 Å². The fourth-order valence-electron chi connectivity index (χ4n) is 3.79. The molecule has 1 aromatic rings. The molecule has 0 amide bonds. The summed E-state index contributed by atoms with van der Waals surface area (Å²) in [7, 11) is 0. The number of ether oxygens (including phenoxy) is 1. The number of rotatable bonds is 17. The van der Waals surface area contributed by atoms with Crippen molar-refractivity contribution in [1.29, 1.82) is 0 Å². The third-order valence-electron chi connectivity index (χ3n) is 5.67. The third kappa shape index (κ3) is 11.6. The molecule has 1 atom stereocenters. The molecule has 0 saturated carbocycles. The Balaban J connectivity index is 2.44. The summed E-state index contributed by atoms with van der Waals surface area (Å²) in [4.78, 5) is 0. The SMILES string of the molecule is CCC[CH2][Sn](/[CH]=C/C[C@H](O)CCOCc1ccccc1)([CH2]CCC)[CH2]CCC. The molecular formula is C25H44O2Sn. The van der Waals surface area contributed by atoms with Crippen molar-refractivity contribution < 1.29 is 9.84 Å². The number of hydrogen-bond donors (Lipinski definition) is 1. The predicted molar refractivity (Wildman–Crippen MR) is 125 cm³/mol. The molecule has 0 heterocycles. The number of benzene rings is 1. The van der Waals surface area contributed by atoms with E-state index in [-0.39, 0.29) is 6.10 Å². The van der Waals surface area contributed by atoms with E-state index in [0.717, 1.165) is 12.8 Å². The van der Waals surface area contributed by atoms with Gasteiger partial charge in [0.15, 0.2) is 0 Å². The molecule has 0 aliphatic heterocycles. The van der Waals surface area contributed by atoms with Crippen LogP contribution in [-0.4, -0.2) is 36.2 Å². The van der Waals surface area contributed by atoms with Crippen LogP contribution in [0.15, 0.2) is 40.5 Å².